The summed E-state index contributed by atoms with van der Waals surface area (Å²) in [4.78, 5) is 16.8. The molecule has 0 atom stereocenters. The van der Waals surface area contributed by atoms with E-state index in [1.165, 1.54) is 5.56 Å². The predicted octanol–water partition coefficient (Wildman–Crippen LogP) is 2.72. The van der Waals surface area contributed by atoms with Crippen LogP contribution in [0.3, 0.4) is 0 Å². The number of nitrogens with zero attached hydrogens (tertiary/aromatic N) is 4. The second-order valence-corrected chi connectivity index (χ2v) is 6.56. The molecule has 1 aliphatic rings. The van der Waals surface area contributed by atoms with Crippen LogP contribution < -0.4 is 5.32 Å². The first-order valence-electron chi connectivity index (χ1n) is 9.12. The van der Waals surface area contributed by atoms with E-state index in [4.69, 9.17) is 5.26 Å². The number of anilines is 1. The Bertz CT molecular complexity index is 931. The molecule has 3 rings (SSSR count). The van der Waals surface area contributed by atoms with E-state index >= 15 is 0 Å². The molecule has 1 fully saturated rings. The van der Waals surface area contributed by atoms with E-state index in [9.17, 15) is 10.1 Å². The minimum absolute atomic E-state index is 0.0317. The molecule has 2 aromatic carbocycles. The number of carbonyl (C=O) groups excluding carboxylic acids is 1. The molecule has 6 heteroatoms. The normalized spacial score (nSPS) is 14.8. The summed E-state index contributed by atoms with van der Waals surface area (Å²) in [6, 6.07) is 21.0. The average Bonchev–Trinajstić information content (AvgIpc) is 2.74. The molecular weight excluding hydrogens is 350 g/mol. The second-order valence-electron chi connectivity index (χ2n) is 6.56. The fourth-order valence-electron chi connectivity index (χ4n) is 3.09. The molecule has 6 nitrogen and oxygen atoms in total. The van der Waals surface area contributed by atoms with E-state index in [0.717, 1.165) is 32.7 Å². The van der Waals surface area contributed by atoms with Gasteiger partial charge in [-0.3, -0.25) is 9.69 Å². The number of hydrogen-bond donors (Lipinski definition) is 1. The molecule has 1 heterocycles. The van der Waals surface area contributed by atoms with Crippen molar-refractivity contribution in [1.29, 1.82) is 10.5 Å². The van der Waals surface area contributed by atoms with Crippen molar-refractivity contribution in [1.82, 2.24) is 9.80 Å². The molecule has 0 saturated carbocycles. The molecule has 2 aromatic rings. The van der Waals surface area contributed by atoms with Gasteiger partial charge < -0.3 is 10.2 Å². The van der Waals surface area contributed by atoms with Crippen LogP contribution in [0, 0.1) is 22.7 Å². The third-order valence-electron chi connectivity index (χ3n) is 4.63. The molecule has 0 spiro atoms. The minimum Gasteiger partial charge on any atom is -0.374 e. The lowest BCUT2D eigenvalue weighted by molar-refractivity contribution is -0.112. The topological polar surface area (TPSA) is 83.2 Å². The van der Waals surface area contributed by atoms with Crippen LogP contribution in [0.15, 0.2) is 66.4 Å². The van der Waals surface area contributed by atoms with E-state index in [2.05, 4.69) is 22.3 Å². The van der Waals surface area contributed by atoms with Crippen LogP contribution in [-0.2, 0) is 11.3 Å². The largest absolute Gasteiger partial charge is 0.374 e. The number of carbonyl (C=O) groups is 1. The molecule has 0 aliphatic carbocycles. The summed E-state index contributed by atoms with van der Waals surface area (Å²) < 4.78 is 0. The molecule has 1 aliphatic heterocycles. The van der Waals surface area contributed by atoms with Gasteiger partial charge in [0.2, 0.25) is 0 Å². The van der Waals surface area contributed by atoms with Crippen molar-refractivity contribution in [2.24, 2.45) is 0 Å². The summed E-state index contributed by atoms with van der Waals surface area (Å²) in [5.74, 6) is -0.503. The van der Waals surface area contributed by atoms with Gasteiger partial charge in [0.1, 0.15) is 17.7 Å². The summed E-state index contributed by atoms with van der Waals surface area (Å²) in [6.45, 7) is 4.13. The van der Waals surface area contributed by atoms with E-state index in [0.29, 0.717) is 11.3 Å². The number of piperazine rings is 1. The fourth-order valence-corrected chi connectivity index (χ4v) is 3.09. The van der Waals surface area contributed by atoms with Gasteiger partial charge in [-0.1, -0.05) is 42.5 Å². The van der Waals surface area contributed by atoms with Crippen molar-refractivity contribution in [2.75, 3.05) is 31.5 Å². The summed E-state index contributed by atoms with van der Waals surface area (Å²) in [5, 5.41) is 21.2. The quantitative estimate of drug-likeness (QED) is 0.645. The monoisotopic (exact) mass is 371 g/mol. The molecular formula is C22H21N5O. The molecule has 28 heavy (non-hydrogen) atoms. The van der Waals surface area contributed by atoms with Crippen LogP contribution in [0.2, 0.25) is 0 Å². The maximum atomic E-state index is 12.4. The highest BCUT2D eigenvalue weighted by Crippen LogP contribution is 2.15. The van der Waals surface area contributed by atoms with Gasteiger partial charge in [-0.05, 0) is 17.7 Å². The second kappa shape index (κ2) is 9.36. The summed E-state index contributed by atoms with van der Waals surface area (Å²) in [7, 11) is 0. The molecule has 0 radical (unpaired) electrons. The van der Waals surface area contributed by atoms with E-state index in [-0.39, 0.29) is 5.57 Å². The average molecular weight is 371 g/mol. The van der Waals surface area contributed by atoms with Gasteiger partial charge in [0.15, 0.2) is 0 Å². The Morgan fingerprint density at radius 1 is 1.00 bits per heavy atom. The number of nitriles is 2. The van der Waals surface area contributed by atoms with Crippen molar-refractivity contribution >= 4 is 11.6 Å². The summed E-state index contributed by atoms with van der Waals surface area (Å²) in [6.07, 6.45) is 1.62. The number of hydrogen-bond acceptors (Lipinski definition) is 5. The predicted molar refractivity (Wildman–Crippen MR) is 107 cm³/mol. The van der Waals surface area contributed by atoms with Gasteiger partial charge >= 0.3 is 0 Å². The summed E-state index contributed by atoms with van der Waals surface area (Å²) >= 11 is 0. The van der Waals surface area contributed by atoms with Crippen molar-refractivity contribution in [3.8, 4) is 12.1 Å². The Hall–Kier alpha value is -3.61. The first-order chi connectivity index (χ1) is 13.7. The van der Waals surface area contributed by atoms with Crippen LogP contribution in [0.1, 0.15) is 11.1 Å². The molecule has 0 bridgehead atoms. The molecule has 1 N–H and O–H groups in total. The lowest BCUT2D eigenvalue weighted by Crippen LogP contribution is -2.43. The highest BCUT2D eigenvalue weighted by atomic mass is 16.1. The third kappa shape index (κ3) is 4.97. The van der Waals surface area contributed by atoms with Gasteiger partial charge in [-0.2, -0.15) is 10.5 Å². The number of benzene rings is 2. The minimum atomic E-state index is -0.503. The number of amides is 1. The van der Waals surface area contributed by atoms with Crippen LogP contribution in [0.25, 0.3) is 0 Å². The van der Waals surface area contributed by atoms with Gasteiger partial charge in [-0.25, -0.2) is 0 Å². The zero-order valence-electron chi connectivity index (χ0n) is 15.5. The number of nitrogens with one attached hydrogen (secondary N) is 1. The van der Waals surface area contributed by atoms with Crippen LogP contribution in [0.4, 0.5) is 5.69 Å². The van der Waals surface area contributed by atoms with Crippen molar-refractivity contribution in [3.05, 3.63) is 77.5 Å². The SMILES string of the molecule is N#C/C(=C/N1CCN(Cc2ccccc2)CC1)C(=O)Nc1ccccc1C#N. The zero-order chi connectivity index (χ0) is 19.8. The highest BCUT2D eigenvalue weighted by molar-refractivity contribution is 6.07. The zero-order valence-corrected chi connectivity index (χ0v) is 15.5. The summed E-state index contributed by atoms with van der Waals surface area (Å²) in [5.41, 5.74) is 2.08. The molecule has 1 amide bonds. The van der Waals surface area contributed by atoms with Crippen molar-refractivity contribution in [3.63, 3.8) is 0 Å². The molecule has 1 saturated heterocycles. The Labute approximate surface area is 164 Å². The van der Waals surface area contributed by atoms with E-state index in [1.807, 2.05) is 35.2 Å². The van der Waals surface area contributed by atoms with Crippen molar-refractivity contribution in [2.45, 2.75) is 6.54 Å². The van der Waals surface area contributed by atoms with Crippen LogP contribution >= 0.6 is 0 Å². The Kier molecular flexibility index (Phi) is 6.41. The van der Waals surface area contributed by atoms with Crippen LogP contribution in [0.5, 0.6) is 0 Å². The maximum Gasteiger partial charge on any atom is 0.267 e. The highest BCUT2D eigenvalue weighted by Gasteiger charge is 2.18. The molecule has 140 valence electrons. The Morgan fingerprint density at radius 2 is 1.68 bits per heavy atom. The van der Waals surface area contributed by atoms with E-state index in [1.54, 1.807) is 30.5 Å². The van der Waals surface area contributed by atoms with Crippen LogP contribution in [-0.4, -0.2) is 41.9 Å². The van der Waals surface area contributed by atoms with Crippen molar-refractivity contribution < 1.29 is 4.79 Å². The van der Waals surface area contributed by atoms with Gasteiger partial charge in [0.25, 0.3) is 5.91 Å². The number of rotatable bonds is 5. The molecule has 0 unspecified atom stereocenters. The van der Waals surface area contributed by atoms with Gasteiger partial charge in [0.05, 0.1) is 11.3 Å². The Balaban J connectivity index is 1.58. The Morgan fingerprint density at radius 3 is 2.36 bits per heavy atom. The third-order valence-corrected chi connectivity index (χ3v) is 4.63. The lowest BCUT2D eigenvalue weighted by Gasteiger charge is -2.34. The standard InChI is InChI=1S/C22H21N5O/c23-14-19-8-4-5-9-21(19)25-22(28)20(15-24)17-27-12-10-26(11-13-27)16-18-6-2-1-3-7-18/h1-9,17H,10-13,16H2,(H,25,28)/b20-17-. The smallest absolute Gasteiger partial charge is 0.267 e. The maximum absolute atomic E-state index is 12.4. The lowest BCUT2D eigenvalue weighted by atomic mass is 10.2. The number of para-hydroxylation sites is 1. The fraction of sp³-hybridized carbons (Fsp3) is 0.227. The van der Waals surface area contributed by atoms with E-state index < -0.39 is 5.91 Å². The van der Waals surface area contributed by atoms with Gasteiger partial charge in [-0.15, -0.1) is 0 Å². The van der Waals surface area contributed by atoms with Gasteiger partial charge in [0, 0.05) is 38.9 Å². The molecule has 0 aromatic heterocycles. The first-order valence-corrected chi connectivity index (χ1v) is 9.12. The first kappa shape index (κ1) is 19.2.